The average Bonchev–Trinajstić information content (AvgIpc) is 1.94. The fourth-order valence-corrected chi connectivity index (χ4v) is 1.75. The Morgan fingerprint density at radius 3 is 2.23 bits per heavy atom. The molecule has 0 aromatic heterocycles. The summed E-state index contributed by atoms with van der Waals surface area (Å²) in [6, 6.07) is 1.34. The molecule has 1 aromatic carbocycles. The maximum absolute atomic E-state index is 12.9. The molecule has 0 aliphatic heterocycles. The van der Waals surface area contributed by atoms with E-state index in [-0.39, 0.29) is 3.57 Å². The van der Waals surface area contributed by atoms with Gasteiger partial charge in [-0.3, -0.25) is 0 Å². The summed E-state index contributed by atoms with van der Waals surface area (Å²) >= 11 is 1.54. The van der Waals surface area contributed by atoms with Crippen LogP contribution in [-0.4, -0.2) is 8.42 Å². The van der Waals surface area contributed by atoms with E-state index in [1.165, 1.54) is 0 Å². The molecule has 0 amide bonds. The zero-order valence-electron chi connectivity index (χ0n) is 6.09. The minimum absolute atomic E-state index is 0.00231. The number of primary sulfonamides is 1. The molecule has 72 valence electrons. The number of halogens is 3. The number of nitrogens with two attached hydrogens (primary N) is 1. The topological polar surface area (TPSA) is 60.2 Å². The minimum Gasteiger partial charge on any atom is -0.225 e. The summed E-state index contributed by atoms with van der Waals surface area (Å²) in [6.07, 6.45) is 0. The molecule has 0 saturated heterocycles. The molecule has 0 bridgehead atoms. The second-order valence-corrected chi connectivity index (χ2v) is 4.93. The number of rotatable bonds is 1. The average molecular weight is 319 g/mol. The van der Waals surface area contributed by atoms with Crippen molar-refractivity contribution in [2.45, 2.75) is 4.90 Å². The third kappa shape index (κ3) is 2.35. The van der Waals surface area contributed by atoms with Gasteiger partial charge in [0, 0.05) is 0 Å². The van der Waals surface area contributed by atoms with E-state index in [2.05, 4.69) is 5.14 Å². The van der Waals surface area contributed by atoms with Gasteiger partial charge in [-0.1, -0.05) is 0 Å². The smallest absolute Gasteiger partial charge is 0.225 e. The van der Waals surface area contributed by atoms with E-state index in [0.29, 0.717) is 6.07 Å². The van der Waals surface area contributed by atoms with Gasteiger partial charge in [0.2, 0.25) is 10.0 Å². The molecule has 1 aromatic rings. The summed E-state index contributed by atoms with van der Waals surface area (Å²) in [5.41, 5.74) is 0. The van der Waals surface area contributed by atoms with Gasteiger partial charge in [-0.05, 0) is 34.7 Å². The first-order valence-electron chi connectivity index (χ1n) is 2.99. The highest BCUT2D eigenvalue weighted by Gasteiger charge is 2.16. The maximum atomic E-state index is 12.9. The number of sulfonamides is 1. The lowest BCUT2D eigenvalue weighted by Crippen LogP contribution is -2.14. The van der Waals surface area contributed by atoms with Crippen molar-refractivity contribution in [3.05, 3.63) is 27.3 Å². The third-order valence-electron chi connectivity index (χ3n) is 1.28. The van der Waals surface area contributed by atoms with Gasteiger partial charge in [0.05, 0.1) is 3.57 Å². The molecule has 0 spiro atoms. The van der Waals surface area contributed by atoms with Crippen molar-refractivity contribution < 1.29 is 17.2 Å². The molecule has 0 radical (unpaired) electrons. The van der Waals surface area contributed by atoms with Crippen molar-refractivity contribution in [3.63, 3.8) is 0 Å². The first-order chi connectivity index (χ1) is 5.82. The third-order valence-corrected chi connectivity index (χ3v) is 3.03. The Labute approximate surface area is 87.1 Å². The molecule has 7 heteroatoms. The van der Waals surface area contributed by atoms with Crippen molar-refractivity contribution in [2.24, 2.45) is 5.14 Å². The van der Waals surface area contributed by atoms with Gasteiger partial charge in [-0.15, -0.1) is 0 Å². The number of benzene rings is 1. The van der Waals surface area contributed by atoms with Gasteiger partial charge in [0.15, 0.2) is 0 Å². The Morgan fingerprint density at radius 1 is 1.23 bits per heavy atom. The molecule has 0 aliphatic rings. The molecule has 0 heterocycles. The van der Waals surface area contributed by atoms with E-state index in [0.717, 1.165) is 6.07 Å². The van der Waals surface area contributed by atoms with Crippen molar-refractivity contribution in [1.82, 2.24) is 0 Å². The van der Waals surface area contributed by atoms with Crippen LogP contribution >= 0.6 is 22.6 Å². The van der Waals surface area contributed by atoms with Crippen LogP contribution in [0.1, 0.15) is 0 Å². The van der Waals surface area contributed by atoms with Gasteiger partial charge < -0.3 is 0 Å². The molecule has 0 unspecified atom stereocenters. The second kappa shape index (κ2) is 3.46. The van der Waals surface area contributed by atoms with Crippen molar-refractivity contribution in [1.29, 1.82) is 0 Å². The molecule has 2 N–H and O–H groups in total. The summed E-state index contributed by atoms with van der Waals surface area (Å²) in [5.74, 6) is -1.86. The first kappa shape index (κ1) is 10.8. The Balaban J connectivity index is 3.50. The Kier molecular flexibility index (Phi) is 2.88. The van der Waals surface area contributed by atoms with E-state index in [4.69, 9.17) is 0 Å². The SMILES string of the molecule is NS(=O)(=O)c1cc(F)c(I)cc1F. The highest BCUT2D eigenvalue weighted by molar-refractivity contribution is 14.1. The Bertz CT molecular complexity index is 446. The summed E-state index contributed by atoms with van der Waals surface area (Å²) in [7, 11) is -4.19. The first-order valence-corrected chi connectivity index (χ1v) is 5.62. The highest BCUT2D eigenvalue weighted by Crippen LogP contribution is 2.19. The zero-order valence-corrected chi connectivity index (χ0v) is 9.06. The quantitative estimate of drug-likeness (QED) is 0.625. The molecule has 0 saturated carbocycles. The molecule has 0 fully saturated rings. The van der Waals surface area contributed by atoms with E-state index in [1.807, 2.05) is 0 Å². The molecule has 13 heavy (non-hydrogen) atoms. The molecule has 1 rings (SSSR count). The van der Waals surface area contributed by atoms with Crippen LogP contribution in [0.3, 0.4) is 0 Å². The largest absolute Gasteiger partial charge is 0.241 e. The van der Waals surface area contributed by atoms with E-state index < -0.39 is 26.6 Å². The minimum atomic E-state index is -4.19. The van der Waals surface area contributed by atoms with E-state index in [9.17, 15) is 17.2 Å². The normalized spacial score (nSPS) is 11.7. The predicted molar refractivity (Wildman–Crippen MR) is 50.4 cm³/mol. The summed E-state index contributed by atoms with van der Waals surface area (Å²) in [5, 5.41) is 4.64. The molecular formula is C6H4F2INO2S. The van der Waals surface area contributed by atoms with Gasteiger partial charge >= 0.3 is 0 Å². The van der Waals surface area contributed by atoms with Crippen LogP contribution in [-0.2, 0) is 10.0 Å². The molecular weight excluding hydrogens is 315 g/mol. The lowest BCUT2D eigenvalue weighted by molar-refractivity contribution is 0.550. The fourth-order valence-electron chi connectivity index (χ4n) is 0.722. The zero-order chi connectivity index (χ0) is 10.2. The van der Waals surface area contributed by atoms with Gasteiger partial charge in [-0.2, -0.15) is 0 Å². The molecule has 3 nitrogen and oxygen atoms in total. The van der Waals surface area contributed by atoms with Crippen LogP contribution in [0.25, 0.3) is 0 Å². The van der Waals surface area contributed by atoms with Crippen LogP contribution in [0.5, 0.6) is 0 Å². The van der Waals surface area contributed by atoms with Gasteiger partial charge in [-0.25, -0.2) is 22.3 Å². The lowest BCUT2D eigenvalue weighted by Gasteiger charge is -2.01. The molecule has 0 atom stereocenters. The maximum Gasteiger partial charge on any atom is 0.241 e. The predicted octanol–water partition coefficient (Wildman–Crippen LogP) is 1.22. The van der Waals surface area contributed by atoms with E-state index >= 15 is 0 Å². The van der Waals surface area contributed by atoms with Crippen LogP contribution in [0.2, 0.25) is 0 Å². The monoisotopic (exact) mass is 319 g/mol. The number of hydrogen-bond acceptors (Lipinski definition) is 2. The summed E-state index contributed by atoms with van der Waals surface area (Å²) < 4.78 is 47.1. The fraction of sp³-hybridized carbons (Fsp3) is 0. The number of hydrogen-bond donors (Lipinski definition) is 1. The summed E-state index contributed by atoms with van der Waals surface area (Å²) in [4.78, 5) is -0.828. The van der Waals surface area contributed by atoms with Crippen molar-refractivity contribution >= 4 is 32.6 Å². The van der Waals surface area contributed by atoms with Crippen LogP contribution in [0, 0.1) is 15.2 Å². The highest BCUT2D eigenvalue weighted by atomic mass is 127. The van der Waals surface area contributed by atoms with Crippen LogP contribution in [0.15, 0.2) is 17.0 Å². The van der Waals surface area contributed by atoms with E-state index in [1.54, 1.807) is 22.6 Å². The van der Waals surface area contributed by atoms with Gasteiger partial charge in [0.25, 0.3) is 0 Å². The lowest BCUT2D eigenvalue weighted by atomic mass is 10.3. The van der Waals surface area contributed by atoms with Crippen molar-refractivity contribution in [3.8, 4) is 0 Å². The second-order valence-electron chi connectivity index (χ2n) is 2.24. The van der Waals surface area contributed by atoms with Crippen LogP contribution < -0.4 is 5.14 Å². The Hall–Kier alpha value is -0.280. The summed E-state index contributed by atoms with van der Waals surface area (Å²) in [6.45, 7) is 0. The Morgan fingerprint density at radius 2 is 1.77 bits per heavy atom. The van der Waals surface area contributed by atoms with Crippen LogP contribution in [0.4, 0.5) is 8.78 Å². The molecule has 0 aliphatic carbocycles. The van der Waals surface area contributed by atoms with Gasteiger partial charge in [0.1, 0.15) is 16.5 Å². The standard InChI is InChI=1S/C6H4F2INO2S/c7-3-2-6(13(10,11)12)4(8)1-5(3)9/h1-2H,(H2,10,11,12). The van der Waals surface area contributed by atoms with Crippen molar-refractivity contribution in [2.75, 3.05) is 0 Å².